The summed E-state index contributed by atoms with van der Waals surface area (Å²) in [6.07, 6.45) is 0.0409. The number of amides is 5. The van der Waals surface area contributed by atoms with E-state index in [9.17, 15) is 38.4 Å². The number of carbonyl (C=O) groups excluding carboxylic acids is 8. The van der Waals surface area contributed by atoms with Crippen LogP contribution in [0.5, 0.6) is 0 Å². The molecule has 0 saturated heterocycles. The fourth-order valence-electron chi connectivity index (χ4n) is 4.05. The number of nitrogens with zero attached hydrogens (tertiary/aromatic N) is 4. The van der Waals surface area contributed by atoms with Crippen molar-refractivity contribution in [3.05, 3.63) is 11.4 Å². The number of rotatable bonds is 17. The van der Waals surface area contributed by atoms with Crippen LogP contribution < -0.4 is 21.3 Å². The number of hydrogen-bond acceptors (Lipinski definition) is 12. The van der Waals surface area contributed by atoms with Crippen LogP contribution in [0.1, 0.15) is 74.9 Å². The van der Waals surface area contributed by atoms with Gasteiger partial charge in [-0.2, -0.15) is 0 Å². The molecular formula is C28H44N8O10. The Morgan fingerprint density at radius 3 is 1.83 bits per heavy atom. The molecule has 0 saturated carbocycles. The van der Waals surface area contributed by atoms with Gasteiger partial charge in [0.1, 0.15) is 24.7 Å². The Hall–Kier alpha value is -4.90. The van der Waals surface area contributed by atoms with Crippen molar-refractivity contribution in [3.63, 3.8) is 0 Å². The van der Waals surface area contributed by atoms with Gasteiger partial charge in [-0.25, -0.2) is 14.3 Å². The summed E-state index contributed by atoms with van der Waals surface area (Å²) < 4.78 is 10.1. The second-order valence-electron chi connectivity index (χ2n) is 11.1. The Kier molecular flexibility index (Phi) is 15.4. The lowest BCUT2D eigenvalue weighted by molar-refractivity contribution is -0.134. The second-order valence-corrected chi connectivity index (χ2v) is 11.1. The lowest BCUT2D eigenvalue weighted by Gasteiger charge is -2.24. The molecule has 0 bridgehead atoms. The van der Waals surface area contributed by atoms with Crippen molar-refractivity contribution in [1.82, 2.24) is 41.2 Å². The molecule has 0 aliphatic carbocycles. The van der Waals surface area contributed by atoms with Crippen molar-refractivity contribution in [2.24, 2.45) is 5.92 Å². The van der Waals surface area contributed by atoms with E-state index < -0.39 is 83.5 Å². The van der Waals surface area contributed by atoms with Gasteiger partial charge in [0.25, 0.3) is 0 Å². The van der Waals surface area contributed by atoms with Gasteiger partial charge in [0.15, 0.2) is 11.5 Å². The summed E-state index contributed by atoms with van der Waals surface area (Å²) in [5.74, 6) is -5.48. The van der Waals surface area contributed by atoms with Gasteiger partial charge in [-0.3, -0.25) is 28.8 Å². The van der Waals surface area contributed by atoms with Crippen LogP contribution in [0.25, 0.3) is 0 Å². The van der Waals surface area contributed by atoms with E-state index >= 15 is 0 Å². The highest BCUT2D eigenvalue weighted by Crippen LogP contribution is 2.11. The van der Waals surface area contributed by atoms with E-state index in [1.807, 2.05) is 13.8 Å². The van der Waals surface area contributed by atoms with Crippen molar-refractivity contribution in [1.29, 1.82) is 0 Å². The second kappa shape index (κ2) is 18.2. The molecule has 0 aliphatic rings. The molecule has 18 heteroatoms. The molecule has 0 fully saturated rings. The van der Waals surface area contributed by atoms with Gasteiger partial charge in [-0.1, -0.05) is 19.1 Å². The van der Waals surface area contributed by atoms with E-state index in [1.165, 1.54) is 39.8 Å². The predicted octanol–water partition coefficient (Wildman–Crippen LogP) is -1.67. The standard InChI is InChI=1S/C28H44N8O10/c1-14(2)12-19(31-17(5)37)26(42)30-15(3)24(40)29-16(4)25(41)32-18(10-11-21(39)35(6)7)20(38)13-36-23(28(44)46-9)22(33-34-36)27(43)45-8/h14-16,18-19H,10-13H2,1-9H3,(H,29,40)(H,30,42)(H,31,37)(H,32,41)/t15-,16-,18-,19-/m0/s1. The third kappa shape index (κ3) is 11.9. The molecule has 5 amide bonds. The fourth-order valence-corrected chi connectivity index (χ4v) is 4.05. The Labute approximate surface area is 266 Å². The fraction of sp³-hybridized carbons (Fsp3) is 0.643. The number of nitrogens with one attached hydrogen (secondary N) is 4. The molecule has 4 N–H and O–H groups in total. The topological polar surface area (TPSA) is 237 Å². The van der Waals surface area contributed by atoms with Crippen molar-refractivity contribution < 1.29 is 47.8 Å². The molecule has 1 aromatic rings. The average Bonchev–Trinajstić information content (AvgIpc) is 3.40. The lowest BCUT2D eigenvalue weighted by atomic mass is 10.0. The zero-order valence-corrected chi connectivity index (χ0v) is 27.6. The molecule has 46 heavy (non-hydrogen) atoms. The van der Waals surface area contributed by atoms with Crippen LogP contribution in [-0.4, -0.2) is 120 Å². The predicted molar refractivity (Wildman–Crippen MR) is 160 cm³/mol. The highest BCUT2D eigenvalue weighted by atomic mass is 16.5. The maximum atomic E-state index is 13.4. The Balaban J connectivity index is 3.08. The molecule has 4 atom stereocenters. The third-order valence-electron chi connectivity index (χ3n) is 6.55. The number of Topliss-reactive ketones (excluding diaryl/α,β-unsaturated/α-hetero) is 1. The van der Waals surface area contributed by atoms with Crippen LogP contribution in [0.4, 0.5) is 0 Å². The van der Waals surface area contributed by atoms with E-state index in [2.05, 4.69) is 41.1 Å². The van der Waals surface area contributed by atoms with Gasteiger partial charge < -0.3 is 35.6 Å². The van der Waals surface area contributed by atoms with E-state index in [4.69, 9.17) is 0 Å². The SMILES string of the molecule is COC(=O)c1nnn(CC(=O)[C@H](CCC(=O)N(C)C)NC(=O)[C@H](C)NC(=O)[C@H](C)NC(=O)[C@H](CC(C)C)NC(C)=O)c1C(=O)OC. The molecule has 256 valence electrons. The summed E-state index contributed by atoms with van der Waals surface area (Å²) in [4.78, 5) is 102. The first-order chi connectivity index (χ1) is 21.4. The summed E-state index contributed by atoms with van der Waals surface area (Å²) >= 11 is 0. The quantitative estimate of drug-likeness (QED) is 0.138. The minimum Gasteiger partial charge on any atom is -0.464 e. The monoisotopic (exact) mass is 652 g/mol. The zero-order chi connectivity index (χ0) is 35.3. The number of hydrogen-bond donors (Lipinski definition) is 4. The smallest absolute Gasteiger partial charge is 0.361 e. The minimum atomic E-state index is -1.29. The normalized spacial score (nSPS) is 13.3. The molecule has 1 aromatic heterocycles. The third-order valence-corrected chi connectivity index (χ3v) is 6.55. The van der Waals surface area contributed by atoms with Gasteiger partial charge in [0.05, 0.1) is 20.3 Å². The summed E-state index contributed by atoms with van der Waals surface area (Å²) in [5.41, 5.74) is -0.946. The molecule has 0 radical (unpaired) electrons. The Bertz CT molecular complexity index is 1310. The van der Waals surface area contributed by atoms with Crippen LogP contribution in [0.3, 0.4) is 0 Å². The largest absolute Gasteiger partial charge is 0.464 e. The maximum Gasteiger partial charge on any atom is 0.361 e. The number of esters is 2. The van der Waals surface area contributed by atoms with Gasteiger partial charge in [0, 0.05) is 27.4 Å². The number of aromatic nitrogens is 3. The van der Waals surface area contributed by atoms with Crippen LogP contribution in [0.15, 0.2) is 0 Å². The highest BCUT2D eigenvalue weighted by molar-refractivity contribution is 6.01. The molecule has 18 nitrogen and oxygen atoms in total. The molecule has 0 aromatic carbocycles. The van der Waals surface area contributed by atoms with Crippen molar-refractivity contribution in [2.75, 3.05) is 28.3 Å². The lowest BCUT2D eigenvalue weighted by Crippen LogP contribution is -2.56. The Morgan fingerprint density at radius 2 is 1.33 bits per heavy atom. The Morgan fingerprint density at radius 1 is 0.783 bits per heavy atom. The number of ether oxygens (including phenoxy) is 2. The first kappa shape index (κ1) is 39.1. The molecule has 0 aliphatic heterocycles. The molecule has 1 heterocycles. The first-order valence-electron chi connectivity index (χ1n) is 14.4. The minimum absolute atomic E-state index is 0.0747. The van der Waals surface area contributed by atoms with E-state index in [0.717, 1.165) is 18.9 Å². The number of ketones is 1. The summed E-state index contributed by atoms with van der Waals surface area (Å²) in [6.45, 7) is 7.12. The highest BCUT2D eigenvalue weighted by Gasteiger charge is 2.32. The number of methoxy groups -OCH3 is 2. The molecular weight excluding hydrogens is 608 g/mol. The van der Waals surface area contributed by atoms with E-state index in [-0.39, 0.29) is 24.7 Å². The zero-order valence-electron chi connectivity index (χ0n) is 27.6. The maximum absolute atomic E-state index is 13.4. The van der Waals surface area contributed by atoms with Crippen LogP contribution in [0.2, 0.25) is 0 Å². The van der Waals surface area contributed by atoms with Gasteiger partial charge in [-0.15, -0.1) is 5.10 Å². The van der Waals surface area contributed by atoms with E-state index in [1.54, 1.807) is 0 Å². The van der Waals surface area contributed by atoms with Crippen LogP contribution in [0, 0.1) is 5.92 Å². The van der Waals surface area contributed by atoms with Crippen molar-refractivity contribution >= 4 is 47.3 Å². The van der Waals surface area contributed by atoms with Crippen molar-refractivity contribution in [2.45, 2.75) is 84.6 Å². The summed E-state index contributed by atoms with van der Waals surface area (Å²) in [5, 5.41) is 17.3. The molecule has 0 unspecified atom stereocenters. The van der Waals surface area contributed by atoms with Crippen LogP contribution >= 0.6 is 0 Å². The molecule has 0 spiro atoms. The first-order valence-corrected chi connectivity index (χ1v) is 14.4. The summed E-state index contributed by atoms with van der Waals surface area (Å²) in [6, 6.07) is -4.44. The van der Waals surface area contributed by atoms with Crippen LogP contribution in [-0.2, 0) is 44.8 Å². The molecule has 1 rings (SSSR count). The van der Waals surface area contributed by atoms with Gasteiger partial charge in [-0.05, 0) is 32.6 Å². The van der Waals surface area contributed by atoms with E-state index in [0.29, 0.717) is 6.42 Å². The number of carbonyl (C=O) groups is 8. The average molecular weight is 653 g/mol. The van der Waals surface area contributed by atoms with Crippen molar-refractivity contribution in [3.8, 4) is 0 Å². The van der Waals surface area contributed by atoms with Gasteiger partial charge in [0.2, 0.25) is 35.2 Å². The van der Waals surface area contributed by atoms with Gasteiger partial charge >= 0.3 is 11.9 Å². The summed E-state index contributed by atoms with van der Waals surface area (Å²) in [7, 11) is 5.14.